The third-order valence-electron chi connectivity index (χ3n) is 4.20. The number of amides is 1. The molecule has 0 unspecified atom stereocenters. The SMILES string of the molecule is COC(=O)c1c(C)[nH]c(C(=O)N(Cc2ccco2)C2CC2)c1C. The van der Waals surface area contributed by atoms with Gasteiger partial charge < -0.3 is 19.0 Å². The molecule has 2 heterocycles. The van der Waals surface area contributed by atoms with Gasteiger partial charge in [-0.3, -0.25) is 4.79 Å². The summed E-state index contributed by atoms with van der Waals surface area (Å²) in [5.41, 5.74) is 2.15. The molecule has 1 aliphatic rings. The van der Waals surface area contributed by atoms with Crippen molar-refractivity contribution >= 4 is 11.9 Å². The fourth-order valence-electron chi connectivity index (χ4n) is 2.84. The second-order valence-corrected chi connectivity index (χ2v) is 5.86. The number of hydrogen-bond acceptors (Lipinski definition) is 4. The first-order valence-corrected chi connectivity index (χ1v) is 7.63. The van der Waals surface area contributed by atoms with Crippen molar-refractivity contribution in [2.45, 2.75) is 39.3 Å². The van der Waals surface area contributed by atoms with Crippen LogP contribution in [0.15, 0.2) is 22.8 Å². The number of aromatic nitrogens is 1. The number of H-pyrrole nitrogens is 1. The number of aryl methyl sites for hydroxylation is 1. The minimum absolute atomic E-state index is 0.111. The van der Waals surface area contributed by atoms with Gasteiger partial charge in [-0.1, -0.05) is 0 Å². The predicted molar refractivity (Wildman–Crippen MR) is 83.2 cm³/mol. The summed E-state index contributed by atoms with van der Waals surface area (Å²) in [5.74, 6) is 0.207. The van der Waals surface area contributed by atoms with Gasteiger partial charge in [0.25, 0.3) is 5.91 Å². The highest BCUT2D eigenvalue weighted by atomic mass is 16.5. The zero-order chi connectivity index (χ0) is 16.6. The van der Waals surface area contributed by atoms with Crippen LogP contribution in [-0.2, 0) is 11.3 Å². The van der Waals surface area contributed by atoms with Crippen LogP contribution in [0.3, 0.4) is 0 Å². The van der Waals surface area contributed by atoms with Gasteiger partial charge in [0.05, 0.1) is 25.5 Å². The molecular weight excluding hydrogens is 296 g/mol. The summed E-state index contributed by atoms with van der Waals surface area (Å²) < 4.78 is 10.2. The highest BCUT2D eigenvalue weighted by molar-refractivity contribution is 6.00. The average molecular weight is 316 g/mol. The Labute approximate surface area is 134 Å². The second-order valence-electron chi connectivity index (χ2n) is 5.86. The van der Waals surface area contributed by atoms with E-state index in [9.17, 15) is 9.59 Å². The summed E-state index contributed by atoms with van der Waals surface area (Å²) in [6.45, 7) is 3.96. The Bertz CT molecular complexity index is 726. The van der Waals surface area contributed by atoms with Crippen LogP contribution >= 0.6 is 0 Å². The van der Waals surface area contributed by atoms with Crippen LogP contribution in [0.2, 0.25) is 0 Å². The Kier molecular flexibility index (Phi) is 3.98. The van der Waals surface area contributed by atoms with Gasteiger partial charge in [-0.2, -0.15) is 0 Å². The monoisotopic (exact) mass is 316 g/mol. The summed E-state index contributed by atoms with van der Waals surface area (Å²) in [5, 5.41) is 0. The van der Waals surface area contributed by atoms with E-state index in [4.69, 9.17) is 9.15 Å². The largest absolute Gasteiger partial charge is 0.467 e. The molecule has 1 aliphatic carbocycles. The van der Waals surface area contributed by atoms with Gasteiger partial charge in [0.2, 0.25) is 0 Å². The van der Waals surface area contributed by atoms with E-state index < -0.39 is 5.97 Å². The number of aromatic amines is 1. The highest BCUT2D eigenvalue weighted by Gasteiger charge is 2.35. The molecule has 2 aromatic heterocycles. The summed E-state index contributed by atoms with van der Waals surface area (Å²) in [7, 11) is 1.34. The van der Waals surface area contributed by atoms with Gasteiger partial charge in [-0.25, -0.2) is 4.79 Å². The maximum Gasteiger partial charge on any atom is 0.339 e. The van der Waals surface area contributed by atoms with Crippen molar-refractivity contribution < 1.29 is 18.7 Å². The van der Waals surface area contributed by atoms with Crippen molar-refractivity contribution in [3.05, 3.63) is 46.7 Å². The third kappa shape index (κ3) is 2.88. The lowest BCUT2D eigenvalue weighted by atomic mass is 10.1. The molecule has 0 aliphatic heterocycles. The molecular formula is C17H20N2O4. The highest BCUT2D eigenvalue weighted by Crippen LogP contribution is 2.31. The third-order valence-corrected chi connectivity index (χ3v) is 4.20. The first-order chi connectivity index (χ1) is 11.0. The van der Waals surface area contributed by atoms with E-state index in [1.54, 1.807) is 25.0 Å². The van der Waals surface area contributed by atoms with Crippen LogP contribution in [0.1, 0.15) is 50.7 Å². The van der Waals surface area contributed by atoms with E-state index in [0.29, 0.717) is 29.1 Å². The summed E-state index contributed by atoms with van der Waals surface area (Å²) in [4.78, 5) is 29.7. The summed E-state index contributed by atoms with van der Waals surface area (Å²) in [6, 6.07) is 3.90. The zero-order valence-electron chi connectivity index (χ0n) is 13.5. The van der Waals surface area contributed by atoms with Crippen molar-refractivity contribution in [3.63, 3.8) is 0 Å². The number of carbonyl (C=O) groups excluding carboxylic acids is 2. The predicted octanol–water partition coefficient (Wildman–Crippen LogP) is 2.82. The van der Waals surface area contributed by atoms with Crippen molar-refractivity contribution in [2.75, 3.05) is 7.11 Å². The van der Waals surface area contributed by atoms with Gasteiger partial charge in [-0.15, -0.1) is 0 Å². The molecule has 1 fully saturated rings. The Morgan fingerprint density at radius 3 is 2.70 bits per heavy atom. The molecule has 0 radical (unpaired) electrons. The Morgan fingerprint density at radius 2 is 2.13 bits per heavy atom. The van der Waals surface area contributed by atoms with Crippen LogP contribution in [0.25, 0.3) is 0 Å². The van der Waals surface area contributed by atoms with Gasteiger partial charge in [-0.05, 0) is 44.4 Å². The summed E-state index contributed by atoms with van der Waals surface area (Å²) >= 11 is 0. The number of ether oxygens (including phenoxy) is 1. The lowest BCUT2D eigenvalue weighted by molar-refractivity contribution is 0.0599. The lowest BCUT2D eigenvalue weighted by Gasteiger charge is -2.21. The van der Waals surface area contributed by atoms with Crippen LogP contribution < -0.4 is 0 Å². The van der Waals surface area contributed by atoms with Crippen molar-refractivity contribution in [1.29, 1.82) is 0 Å². The number of nitrogens with one attached hydrogen (secondary N) is 1. The maximum atomic E-state index is 13.0. The second kappa shape index (κ2) is 5.95. The van der Waals surface area contributed by atoms with Crippen molar-refractivity contribution in [3.8, 4) is 0 Å². The quantitative estimate of drug-likeness (QED) is 0.861. The minimum Gasteiger partial charge on any atom is -0.467 e. The molecule has 0 spiro atoms. The molecule has 6 nitrogen and oxygen atoms in total. The van der Waals surface area contributed by atoms with Gasteiger partial charge in [0, 0.05) is 11.7 Å². The average Bonchev–Trinajstić information content (AvgIpc) is 3.16. The number of methoxy groups -OCH3 is 1. The van der Waals surface area contributed by atoms with Gasteiger partial charge >= 0.3 is 5.97 Å². The first-order valence-electron chi connectivity index (χ1n) is 7.63. The zero-order valence-corrected chi connectivity index (χ0v) is 13.5. The molecule has 3 rings (SSSR count). The molecule has 1 N–H and O–H groups in total. The van der Waals surface area contributed by atoms with E-state index in [1.165, 1.54) is 7.11 Å². The topological polar surface area (TPSA) is 75.5 Å². The number of esters is 1. The van der Waals surface area contributed by atoms with E-state index in [0.717, 1.165) is 18.6 Å². The molecule has 0 saturated heterocycles. The number of hydrogen-bond donors (Lipinski definition) is 1. The molecule has 0 atom stereocenters. The molecule has 1 saturated carbocycles. The minimum atomic E-state index is -0.431. The maximum absolute atomic E-state index is 13.0. The number of furan rings is 1. The summed E-state index contributed by atoms with van der Waals surface area (Å²) in [6.07, 6.45) is 3.59. The molecule has 23 heavy (non-hydrogen) atoms. The smallest absolute Gasteiger partial charge is 0.339 e. The lowest BCUT2D eigenvalue weighted by Crippen LogP contribution is -2.33. The number of nitrogens with zero attached hydrogens (tertiary/aromatic N) is 1. The normalized spacial score (nSPS) is 13.9. The fourth-order valence-corrected chi connectivity index (χ4v) is 2.84. The first kappa shape index (κ1) is 15.4. The Morgan fingerprint density at radius 1 is 1.39 bits per heavy atom. The van der Waals surface area contributed by atoms with Crippen LogP contribution in [0.4, 0.5) is 0 Å². The fraction of sp³-hybridized carbons (Fsp3) is 0.412. The van der Waals surface area contributed by atoms with E-state index in [1.807, 2.05) is 12.1 Å². The van der Waals surface area contributed by atoms with Crippen molar-refractivity contribution in [2.24, 2.45) is 0 Å². The molecule has 0 aromatic carbocycles. The molecule has 1 amide bonds. The standard InChI is InChI=1S/C17H20N2O4/c1-10-14(17(21)22-3)11(2)18-15(10)16(20)19(12-6-7-12)9-13-5-4-8-23-13/h4-5,8,12,18H,6-7,9H2,1-3H3. The van der Waals surface area contributed by atoms with Crippen LogP contribution in [-0.4, -0.2) is 34.9 Å². The Balaban J connectivity index is 1.90. The van der Waals surface area contributed by atoms with Crippen molar-refractivity contribution in [1.82, 2.24) is 9.88 Å². The molecule has 0 bridgehead atoms. The van der Waals surface area contributed by atoms with Gasteiger partial charge in [0.1, 0.15) is 11.5 Å². The van der Waals surface area contributed by atoms with Crippen LogP contribution in [0, 0.1) is 13.8 Å². The van der Waals surface area contributed by atoms with Gasteiger partial charge in [0.15, 0.2) is 0 Å². The number of rotatable bonds is 5. The van der Waals surface area contributed by atoms with E-state index in [-0.39, 0.29) is 11.9 Å². The molecule has 122 valence electrons. The Hall–Kier alpha value is -2.50. The van der Waals surface area contributed by atoms with Crippen LogP contribution in [0.5, 0.6) is 0 Å². The number of carbonyl (C=O) groups is 2. The molecule has 2 aromatic rings. The van der Waals surface area contributed by atoms with E-state index >= 15 is 0 Å². The van der Waals surface area contributed by atoms with E-state index in [2.05, 4.69) is 4.98 Å². The molecule has 6 heteroatoms.